The lowest BCUT2D eigenvalue weighted by atomic mass is 9.50. The topological polar surface area (TPSA) is 3.24 Å². The van der Waals surface area contributed by atoms with Gasteiger partial charge in [-0.05, 0) is 44.1 Å². The zero-order valence-corrected chi connectivity index (χ0v) is 16.1. The van der Waals surface area contributed by atoms with Gasteiger partial charge in [-0.1, -0.05) is 69.7 Å². The van der Waals surface area contributed by atoms with Crippen LogP contribution in [0, 0.1) is 17.8 Å². The van der Waals surface area contributed by atoms with Crippen LogP contribution < -0.4 is 4.90 Å². The molecule has 1 nitrogen and oxygen atoms in total. The van der Waals surface area contributed by atoms with Crippen LogP contribution in [-0.2, 0) is 0 Å². The van der Waals surface area contributed by atoms with Gasteiger partial charge in [0.15, 0.2) is 0 Å². The molecule has 0 radical (unpaired) electrons. The van der Waals surface area contributed by atoms with E-state index in [2.05, 4.69) is 102 Å². The molecule has 0 bridgehead atoms. The number of benzene rings is 1. The maximum atomic E-state index is 2.59. The monoisotopic (exact) mass is 319 g/mol. The van der Waals surface area contributed by atoms with Gasteiger partial charge in [0.2, 0.25) is 0 Å². The van der Waals surface area contributed by atoms with E-state index in [1.54, 1.807) is 11.1 Å². The number of hydrogen-bond acceptors (Lipinski definition) is 1. The molecule has 1 aromatic rings. The number of allylic oxidation sites excluding steroid dienone is 3. The smallest absolute Gasteiger partial charge is 0.0810 e. The molecule has 1 saturated heterocycles. The van der Waals surface area contributed by atoms with Crippen molar-refractivity contribution in [1.82, 2.24) is 0 Å². The predicted molar refractivity (Wildman–Crippen MR) is 103 cm³/mol. The fraction of sp³-hybridized carbons (Fsp3) is 0.478. The van der Waals surface area contributed by atoms with E-state index in [1.165, 1.54) is 11.3 Å². The minimum absolute atomic E-state index is 0.0170. The van der Waals surface area contributed by atoms with Gasteiger partial charge in [0.1, 0.15) is 0 Å². The highest BCUT2D eigenvalue weighted by Crippen LogP contribution is 2.64. The molecule has 0 amide bonds. The maximum Gasteiger partial charge on any atom is 0.0810 e. The van der Waals surface area contributed by atoms with Crippen molar-refractivity contribution in [1.29, 1.82) is 0 Å². The third-order valence-electron chi connectivity index (χ3n) is 6.42. The van der Waals surface area contributed by atoms with Gasteiger partial charge < -0.3 is 4.90 Å². The fourth-order valence-electron chi connectivity index (χ4n) is 5.60. The minimum Gasteiger partial charge on any atom is -0.346 e. The molecule has 4 rings (SSSR count). The van der Waals surface area contributed by atoms with Crippen molar-refractivity contribution in [2.45, 2.75) is 59.5 Å². The Kier molecular flexibility index (Phi) is 2.79. The molecule has 1 heterocycles. The van der Waals surface area contributed by atoms with Gasteiger partial charge in [-0.25, -0.2) is 0 Å². The molecule has 2 atom stereocenters. The first kappa shape index (κ1) is 15.7. The summed E-state index contributed by atoms with van der Waals surface area (Å²) in [7, 11) is 0. The summed E-state index contributed by atoms with van der Waals surface area (Å²) in [5, 5.41) is 0. The molecule has 0 spiro atoms. The van der Waals surface area contributed by atoms with Gasteiger partial charge in [-0.15, -0.1) is 0 Å². The third kappa shape index (κ3) is 1.71. The summed E-state index contributed by atoms with van der Waals surface area (Å²) in [6, 6.07) is 8.97. The van der Waals surface area contributed by atoms with Crippen LogP contribution in [0.3, 0.4) is 0 Å². The molecule has 1 aromatic carbocycles. The lowest BCUT2D eigenvalue weighted by Gasteiger charge is -2.70. The summed E-state index contributed by atoms with van der Waals surface area (Å²) < 4.78 is 0. The molecule has 24 heavy (non-hydrogen) atoms. The largest absolute Gasteiger partial charge is 0.346 e. The molecule has 0 aromatic heterocycles. The highest BCUT2D eigenvalue weighted by atomic mass is 15.3. The van der Waals surface area contributed by atoms with Crippen LogP contribution in [-0.4, -0.2) is 11.1 Å². The first-order valence-electron chi connectivity index (χ1n) is 9.06. The van der Waals surface area contributed by atoms with Crippen LogP contribution in [0.2, 0.25) is 0 Å². The fourth-order valence-corrected chi connectivity index (χ4v) is 5.60. The predicted octanol–water partition coefficient (Wildman–Crippen LogP) is 5.82. The van der Waals surface area contributed by atoms with Gasteiger partial charge in [-0.2, -0.15) is 0 Å². The number of aryl methyl sites for hydroxylation is 1. The summed E-state index contributed by atoms with van der Waals surface area (Å²) in [5.74, 6) is 0. The van der Waals surface area contributed by atoms with Crippen molar-refractivity contribution in [3.8, 4) is 0 Å². The lowest BCUT2D eigenvalue weighted by Crippen LogP contribution is -2.75. The molecule has 1 aliphatic heterocycles. The van der Waals surface area contributed by atoms with Crippen LogP contribution in [0.25, 0.3) is 0 Å². The van der Waals surface area contributed by atoms with E-state index in [-0.39, 0.29) is 21.9 Å². The second-order valence-corrected chi connectivity index (χ2v) is 9.33. The van der Waals surface area contributed by atoms with Gasteiger partial charge in [-0.3, -0.25) is 0 Å². The Labute approximate surface area is 146 Å². The standard InChI is InChI=1S/C23H29N/c1-16-8-10-17(11-9-16)24-22(6)14-12-20(2,3)18-19(22)23(24,7)15-13-21(18,4)5/h8-15H,1-7H3. The van der Waals surface area contributed by atoms with Crippen LogP contribution >= 0.6 is 0 Å². The van der Waals surface area contributed by atoms with Crippen LogP contribution in [0.1, 0.15) is 47.1 Å². The van der Waals surface area contributed by atoms with Gasteiger partial charge in [0.25, 0.3) is 0 Å². The Hall–Kier alpha value is -1.76. The van der Waals surface area contributed by atoms with E-state index in [9.17, 15) is 0 Å². The van der Waals surface area contributed by atoms with Crippen molar-refractivity contribution in [2.75, 3.05) is 4.90 Å². The van der Waals surface area contributed by atoms with Crippen molar-refractivity contribution >= 4 is 5.69 Å². The van der Waals surface area contributed by atoms with E-state index in [1.807, 2.05) is 0 Å². The molecule has 126 valence electrons. The molecular weight excluding hydrogens is 290 g/mol. The number of anilines is 1. The van der Waals surface area contributed by atoms with Crippen molar-refractivity contribution in [3.63, 3.8) is 0 Å². The summed E-state index contributed by atoms with van der Waals surface area (Å²) >= 11 is 0. The first-order valence-corrected chi connectivity index (χ1v) is 9.06. The second-order valence-electron chi connectivity index (χ2n) is 9.33. The van der Waals surface area contributed by atoms with Crippen LogP contribution in [0.5, 0.6) is 0 Å². The second kappa shape index (κ2) is 4.25. The van der Waals surface area contributed by atoms with Crippen molar-refractivity contribution < 1.29 is 0 Å². The van der Waals surface area contributed by atoms with Crippen LogP contribution in [0.4, 0.5) is 5.69 Å². The van der Waals surface area contributed by atoms with Crippen molar-refractivity contribution in [3.05, 3.63) is 65.3 Å². The Bertz CT molecular complexity index is 759. The van der Waals surface area contributed by atoms with E-state index in [0.29, 0.717) is 0 Å². The Balaban J connectivity index is 1.95. The zero-order chi connectivity index (χ0) is 17.5. The molecule has 2 unspecified atom stereocenters. The summed E-state index contributed by atoms with van der Waals surface area (Å²) in [5.41, 5.74) is 6.03. The Morgan fingerprint density at radius 3 is 1.54 bits per heavy atom. The summed E-state index contributed by atoms with van der Waals surface area (Å²) in [6.07, 6.45) is 9.71. The molecule has 1 heteroatoms. The number of rotatable bonds is 1. The maximum absolute atomic E-state index is 2.59. The minimum atomic E-state index is -0.0170. The van der Waals surface area contributed by atoms with Crippen molar-refractivity contribution in [2.24, 2.45) is 10.8 Å². The van der Waals surface area contributed by atoms with E-state index < -0.39 is 0 Å². The highest BCUT2D eigenvalue weighted by molar-refractivity contribution is 5.76. The first-order chi connectivity index (χ1) is 11.0. The zero-order valence-electron chi connectivity index (χ0n) is 16.1. The Morgan fingerprint density at radius 2 is 1.08 bits per heavy atom. The lowest BCUT2D eigenvalue weighted by molar-refractivity contribution is 0.272. The number of nitrogens with zero attached hydrogens (tertiary/aromatic N) is 1. The highest BCUT2D eigenvalue weighted by Gasteiger charge is 2.64. The summed E-state index contributed by atoms with van der Waals surface area (Å²) in [4.78, 5) is 2.59. The normalized spacial score (nSPS) is 34.9. The van der Waals surface area contributed by atoms with Gasteiger partial charge >= 0.3 is 0 Å². The van der Waals surface area contributed by atoms with Gasteiger partial charge in [0.05, 0.1) is 11.1 Å². The van der Waals surface area contributed by atoms with E-state index in [4.69, 9.17) is 0 Å². The average Bonchev–Trinajstić information content (AvgIpc) is 2.49. The quantitative estimate of drug-likeness (QED) is 0.589. The summed E-state index contributed by atoms with van der Waals surface area (Å²) in [6.45, 7) is 16.4. The average molecular weight is 319 g/mol. The van der Waals surface area contributed by atoms with Gasteiger partial charge in [0, 0.05) is 16.5 Å². The molecular formula is C23H29N. The molecule has 2 aliphatic carbocycles. The van der Waals surface area contributed by atoms with Crippen LogP contribution in [0.15, 0.2) is 59.7 Å². The SMILES string of the molecule is Cc1ccc(N2C3(C)C=CC(C)(C)C4=C3C2(C)C=CC4(C)C)cc1. The van der Waals surface area contributed by atoms with E-state index in [0.717, 1.165) is 0 Å². The van der Waals surface area contributed by atoms with E-state index >= 15 is 0 Å². The third-order valence-corrected chi connectivity index (χ3v) is 6.42. The Morgan fingerprint density at radius 1 is 0.625 bits per heavy atom. The molecule has 1 fully saturated rings. The number of hydrogen-bond donors (Lipinski definition) is 0. The molecule has 3 aliphatic rings. The molecule has 0 saturated carbocycles. The molecule has 0 N–H and O–H groups in total.